The average Bonchev–Trinajstić information content (AvgIpc) is 2.13. The quantitative estimate of drug-likeness (QED) is 0.0143. The minimum absolute atomic E-state index is 0.0112. The van der Waals surface area contributed by atoms with Gasteiger partial charge in [0.1, 0.15) is 0 Å². The van der Waals surface area contributed by atoms with E-state index in [1.54, 1.807) is 38.1 Å². The van der Waals surface area contributed by atoms with E-state index < -0.39 is 63.1 Å². The zero-order chi connectivity index (χ0) is 60.9. The van der Waals surface area contributed by atoms with E-state index in [4.69, 9.17) is 5.73 Å². The fourth-order valence-corrected chi connectivity index (χ4v) is 12.0. The van der Waals surface area contributed by atoms with Gasteiger partial charge in [0.25, 0.3) is 0 Å². The van der Waals surface area contributed by atoms with E-state index in [1.807, 2.05) is 132 Å². The average molecular weight is 1170 g/mol. The number of carbonyl (C=O) groups excluding carboxylic acids is 6. The van der Waals surface area contributed by atoms with Crippen LogP contribution in [-0.4, -0.2) is 128 Å². The predicted octanol–water partition coefficient (Wildman–Crippen LogP) is 6.13. The normalized spacial score (nSPS) is 13.2. The van der Waals surface area contributed by atoms with Crippen molar-refractivity contribution in [2.75, 3.05) is 76.5 Å². The summed E-state index contributed by atoms with van der Waals surface area (Å²) in [5, 5.41) is 21.0. The van der Waals surface area contributed by atoms with Crippen LogP contribution in [0.15, 0.2) is 143 Å². The fraction of sp³-hybridized carbons (Fsp3) is 0.400. The summed E-state index contributed by atoms with van der Waals surface area (Å²) in [6, 6.07) is 40.3. The largest absolute Gasteiger partial charge is 0.377 e. The number of ketones is 2. The van der Waals surface area contributed by atoms with Gasteiger partial charge in [0.15, 0.2) is 27.4 Å². The summed E-state index contributed by atoms with van der Waals surface area (Å²) in [4.78, 5) is 89.5. The summed E-state index contributed by atoms with van der Waals surface area (Å²) in [5.74, 6) is -4.91. The van der Waals surface area contributed by atoms with Gasteiger partial charge in [-0.2, -0.15) is 0 Å². The maximum absolute atomic E-state index is 14.2. The first kappa shape index (κ1) is 65.0. The van der Waals surface area contributed by atoms with Crippen LogP contribution in [0.1, 0.15) is 63.6 Å². The Kier molecular flexibility index (Phi) is 24.4. The second-order valence-electron chi connectivity index (χ2n) is 22.3. The molecule has 448 valence electrons. The predicted molar refractivity (Wildman–Crippen MR) is 335 cm³/mol. The van der Waals surface area contributed by atoms with Crippen LogP contribution in [0.3, 0.4) is 0 Å². The number of Topliss-reactive ketones (excluding diaryl/α,β-unsaturated/α-hetero) is 2. The van der Waals surface area contributed by atoms with Crippen molar-refractivity contribution < 1.29 is 37.2 Å². The molecule has 0 fully saturated rings. The molecule has 0 aliphatic carbocycles. The minimum atomic E-state index is -4.02. The van der Waals surface area contributed by atoms with Crippen molar-refractivity contribution in [3.63, 3.8) is 0 Å². The molecule has 19 heteroatoms. The van der Waals surface area contributed by atoms with Crippen molar-refractivity contribution in [3.05, 3.63) is 150 Å². The number of aliphatic imine (C=N–C) groups is 1. The molecular formula is C65H84N10O8S. The van der Waals surface area contributed by atoms with Crippen molar-refractivity contribution in [2.45, 2.75) is 83.3 Å². The highest BCUT2D eigenvalue weighted by Crippen LogP contribution is 2.32. The van der Waals surface area contributed by atoms with Crippen LogP contribution in [-0.2, 0) is 58.0 Å². The molecule has 0 unspecified atom stereocenters. The number of nitrogens with zero attached hydrogens (tertiary/aromatic N) is 3. The van der Waals surface area contributed by atoms with Gasteiger partial charge in [0.05, 0.1) is 41.7 Å². The molecule has 6 aromatic carbocycles. The van der Waals surface area contributed by atoms with E-state index in [9.17, 15) is 37.2 Å². The van der Waals surface area contributed by atoms with Crippen molar-refractivity contribution in [1.82, 2.24) is 31.9 Å². The summed E-state index contributed by atoms with van der Waals surface area (Å²) in [6.07, 6.45) is 0.249. The number of rotatable bonds is 32. The van der Waals surface area contributed by atoms with E-state index >= 15 is 0 Å². The van der Waals surface area contributed by atoms with E-state index in [0.29, 0.717) is 18.4 Å². The molecule has 0 spiro atoms. The van der Waals surface area contributed by atoms with E-state index in [-0.39, 0.29) is 92.7 Å². The number of anilines is 2. The van der Waals surface area contributed by atoms with Gasteiger partial charge in [-0.05, 0) is 65.0 Å². The molecule has 0 aliphatic heterocycles. The Morgan fingerprint density at radius 1 is 0.560 bits per heavy atom. The highest BCUT2D eigenvalue weighted by molar-refractivity contribution is 7.91. The van der Waals surface area contributed by atoms with Crippen molar-refractivity contribution in [3.8, 4) is 0 Å². The lowest BCUT2D eigenvalue weighted by Crippen LogP contribution is -2.48. The molecule has 0 aromatic heterocycles. The Morgan fingerprint density at radius 3 is 1.74 bits per heavy atom. The smallest absolute Gasteiger partial charge is 0.239 e. The summed E-state index contributed by atoms with van der Waals surface area (Å²) in [7, 11) is 3.77. The number of carbonyl (C=O) groups is 6. The molecule has 6 aromatic rings. The Labute approximate surface area is 495 Å². The first-order valence-electron chi connectivity index (χ1n) is 28.7. The molecule has 18 nitrogen and oxygen atoms in total. The SMILES string of the molecule is CC(C)[C@H](CC(=O)[C@H](Cc1ccccc1)NCc1cccc2c(N(C)C)cccc12)C(=O)NCC(=O)NCCN=C(N)NCCNC(=O)CCC(=O)[C@@H](NC(=O)[C@H](Cc1ccccc1)CS(=O)(=O)c1cccc2c(N(C)C)cccc12)C(C)C. The molecule has 84 heavy (non-hydrogen) atoms. The van der Waals surface area contributed by atoms with E-state index in [2.05, 4.69) is 66.1 Å². The number of nitrogens with two attached hydrogens (primary N) is 1. The third-order valence-corrected chi connectivity index (χ3v) is 16.7. The third kappa shape index (κ3) is 18.9. The number of hydrogen-bond donors (Lipinski definition) is 7. The highest BCUT2D eigenvalue weighted by atomic mass is 32.2. The van der Waals surface area contributed by atoms with Gasteiger partial charge in [0, 0.05) is 107 Å². The standard InChI is InChI=1S/C65H84N10O8S/c1-43(2)53(39-58(77)54(38-46-21-13-10-14-22-46)71-40-47-23-15-25-50-49(47)24-16-28-55(50)74(5)6)64(81)72-41-61(79)68-34-36-70-65(66)69-35-33-67-60(78)32-31-57(76)62(44(3)4)73-63(80)48(37-45-19-11-9-12-20-45)42-84(82,83)59-30-18-26-51-52(59)27-17-29-56(51)75(7)8/h9-30,43-44,48,53-54,62,71H,31-42H2,1-8H3,(H,67,78)(H,68,79)(H,72,81)(H,73,80)(H3,66,69,70)/t48-,53+,54+,62+/m1/s1. The lowest BCUT2D eigenvalue weighted by Gasteiger charge is -2.25. The molecule has 8 N–H and O–H groups in total. The number of nitrogens with one attached hydrogen (secondary N) is 6. The summed E-state index contributed by atoms with van der Waals surface area (Å²) in [6.45, 7) is 8.10. The van der Waals surface area contributed by atoms with Crippen LogP contribution in [0.5, 0.6) is 0 Å². The molecular weight excluding hydrogens is 1080 g/mol. The Hall–Kier alpha value is -8.16. The lowest BCUT2D eigenvalue weighted by atomic mass is 9.86. The monoisotopic (exact) mass is 1160 g/mol. The zero-order valence-electron chi connectivity index (χ0n) is 49.7. The summed E-state index contributed by atoms with van der Waals surface area (Å²) < 4.78 is 28.5. The van der Waals surface area contributed by atoms with Crippen LogP contribution in [0, 0.1) is 23.7 Å². The topological polar surface area (TPSA) is 254 Å². The number of hydrogen-bond acceptors (Lipinski definition) is 12. The molecule has 4 amide bonds. The van der Waals surface area contributed by atoms with Gasteiger partial charge in [-0.15, -0.1) is 0 Å². The van der Waals surface area contributed by atoms with Gasteiger partial charge in [-0.25, -0.2) is 8.42 Å². The fourth-order valence-electron chi connectivity index (χ4n) is 10.2. The lowest BCUT2D eigenvalue weighted by molar-refractivity contribution is -0.133. The number of amides is 4. The molecule has 0 saturated carbocycles. The Morgan fingerprint density at radius 2 is 1.12 bits per heavy atom. The molecule has 0 heterocycles. The second kappa shape index (κ2) is 31.5. The number of fused-ring (bicyclic) bond motifs is 2. The van der Waals surface area contributed by atoms with E-state index in [0.717, 1.165) is 44.2 Å². The number of benzene rings is 6. The first-order valence-corrected chi connectivity index (χ1v) is 30.4. The third-order valence-electron chi connectivity index (χ3n) is 14.8. The minimum Gasteiger partial charge on any atom is -0.377 e. The molecule has 4 atom stereocenters. The summed E-state index contributed by atoms with van der Waals surface area (Å²) in [5.41, 5.74) is 10.8. The maximum atomic E-state index is 14.2. The highest BCUT2D eigenvalue weighted by Gasteiger charge is 2.33. The van der Waals surface area contributed by atoms with Gasteiger partial charge < -0.3 is 47.4 Å². The molecule has 0 saturated heterocycles. The molecule has 0 radical (unpaired) electrons. The number of sulfone groups is 1. The Balaban J connectivity index is 0.916. The maximum Gasteiger partial charge on any atom is 0.239 e. The second-order valence-corrected chi connectivity index (χ2v) is 24.3. The van der Waals surface area contributed by atoms with Crippen molar-refractivity contribution in [2.24, 2.45) is 34.4 Å². The van der Waals surface area contributed by atoms with E-state index in [1.165, 1.54) is 0 Å². The van der Waals surface area contributed by atoms with Crippen LogP contribution < -0.4 is 47.4 Å². The number of guanidine groups is 1. The molecule has 6 rings (SSSR count). The van der Waals surface area contributed by atoms with Gasteiger partial charge in [0.2, 0.25) is 23.6 Å². The summed E-state index contributed by atoms with van der Waals surface area (Å²) >= 11 is 0. The van der Waals surface area contributed by atoms with Crippen LogP contribution in [0.25, 0.3) is 21.5 Å². The zero-order valence-corrected chi connectivity index (χ0v) is 50.6. The van der Waals surface area contributed by atoms with Crippen molar-refractivity contribution >= 4 is 83.9 Å². The first-order chi connectivity index (χ1) is 40.1. The molecule has 0 aliphatic rings. The van der Waals surface area contributed by atoms with Gasteiger partial charge in [-0.1, -0.05) is 143 Å². The van der Waals surface area contributed by atoms with Crippen LogP contribution in [0.2, 0.25) is 0 Å². The Bertz CT molecular complexity index is 3350. The van der Waals surface area contributed by atoms with Crippen LogP contribution >= 0.6 is 0 Å². The van der Waals surface area contributed by atoms with Gasteiger partial charge in [-0.3, -0.25) is 33.8 Å². The van der Waals surface area contributed by atoms with Crippen molar-refractivity contribution in [1.29, 1.82) is 0 Å². The molecule has 0 bridgehead atoms. The van der Waals surface area contributed by atoms with Crippen LogP contribution in [0.4, 0.5) is 11.4 Å². The van der Waals surface area contributed by atoms with Gasteiger partial charge >= 0.3 is 0 Å².